The van der Waals surface area contributed by atoms with Crippen LogP contribution in [0.5, 0.6) is 0 Å². The molecular formula is C24H44O4. The molecule has 0 rings (SSSR count). The van der Waals surface area contributed by atoms with E-state index >= 15 is 0 Å². The van der Waals surface area contributed by atoms with Crippen LogP contribution in [0.25, 0.3) is 0 Å². The minimum absolute atomic E-state index is 0.203. The molecule has 1 unspecified atom stereocenters. The van der Waals surface area contributed by atoms with Gasteiger partial charge in [0.1, 0.15) is 5.92 Å². The van der Waals surface area contributed by atoms with E-state index in [1.165, 1.54) is 64.2 Å². The fraction of sp³-hybridized carbons (Fsp3) is 0.875. The van der Waals surface area contributed by atoms with Crippen molar-refractivity contribution in [1.29, 1.82) is 0 Å². The van der Waals surface area contributed by atoms with E-state index in [-0.39, 0.29) is 6.42 Å². The number of ketones is 2. The van der Waals surface area contributed by atoms with Crippen molar-refractivity contribution in [2.75, 3.05) is 0 Å². The first-order valence-electron chi connectivity index (χ1n) is 11.8. The van der Waals surface area contributed by atoms with Crippen LogP contribution in [0.1, 0.15) is 129 Å². The van der Waals surface area contributed by atoms with Crippen LogP contribution in [0, 0.1) is 5.92 Å². The number of Topliss-reactive ketones (excluding diaryl/α,β-unsaturated/α-hetero) is 2. The van der Waals surface area contributed by atoms with Crippen molar-refractivity contribution in [2.24, 2.45) is 5.92 Å². The molecule has 0 heterocycles. The number of hydrogen-bond donors (Lipinski definition) is 1. The van der Waals surface area contributed by atoms with Crippen molar-refractivity contribution in [3.8, 4) is 0 Å². The summed E-state index contributed by atoms with van der Waals surface area (Å²) in [5.41, 5.74) is 0. The molecule has 0 aliphatic rings. The van der Waals surface area contributed by atoms with Gasteiger partial charge in [-0.05, 0) is 12.8 Å². The number of carboxylic acids is 1. The van der Waals surface area contributed by atoms with E-state index in [1.54, 1.807) is 0 Å². The van der Waals surface area contributed by atoms with Gasteiger partial charge in [0.2, 0.25) is 5.78 Å². The van der Waals surface area contributed by atoms with Crippen LogP contribution in [-0.4, -0.2) is 22.6 Å². The lowest BCUT2D eigenvalue weighted by molar-refractivity contribution is -0.150. The SMILES string of the molecule is CCCCCCCCCCC(=O)C(=O)C(CCCCCCCCCC)C(=O)O. The van der Waals surface area contributed by atoms with Crippen LogP contribution < -0.4 is 0 Å². The number of carboxylic acid groups (broad SMARTS) is 1. The quantitative estimate of drug-likeness (QED) is 0.130. The molecule has 0 aromatic heterocycles. The lowest BCUT2D eigenvalue weighted by atomic mass is 9.92. The third-order valence-electron chi connectivity index (χ3n) is 5.49. The molecule has 0 spiro atoms. The van der Waals surface area contributed by atoms with E-state index in [0.717, 1.165) is 25.7 Å². The molecule has 1 atom stereocenters. The summed E-state index contributed by atoms with van der Waals surface area (Å²) in [4.78, 5) is 35.7. The summed E-state index contributed by atoms with van der Waals surface area (Å²) in [6.45, 7) is 4.39. The average molecular weight is 397 g/mol. The van der Waals surface area contributed by atoms with Gasteiger partial charge in [0, 0.05) is 6.42 Å². The van der Waals surface area contributed by atoms with Crippen LogP contribution in [0.4, 0.5) is 0 Å². The lowest BCUT2D eigenvalue weighted by Crippen LogP contribution is -2.30. The summed E-state index contributed by atoms with van der Waals surface area (Å²) in [5.74, 6) is -3.45. The zero-order chi connectivity index (χ0) is 21.0. The van der Waals surface area contributed by atoms with E-state index in [4.69, 9.17) is 0 Å². The predicted molar refractivity (Wildman–Crippen MR) is 116 cm³/mol. The highest BCUT2D eigenvalue weighted by Crippen LogP contribution is 2.16. The predicted octanol–water partition coefficient (Wildman–Crippen LogP) is 6.89. The Bertz CT molecular complexity index is 417. The summed E-state index contributed by atoms with van der Waals surface area (Å²) >= 11 is 0. The molecule has 0 saturated carbocycles. The lowest BCUT2D eigenvalue weighted by Gasteiger charge is -2.10. The van der Waals surface area contributed by atoms with Crippen LogP contribution in [0.3, 0.4) is 0 Å². The number of carbonyl (C=O) groups is 3. The number of rotatable bonds is 21. The van der Waals surface area contributed by atoms with Crippen LogP contribution in [0.15, 0.2) is 0 Å². The summed E-state index contributed by atoms with van der Waals surface area (Å²) in [6, 6.07) is 0. The fourth-order valence-corrected chi connectivity index (χ4v) is 3.59. The molecule has 28 heavy (non-hydrogen) atoms. The Kier molecular flexibility index (Phi) is 18.3. The largest absolute Gasteiger partial charge is 0.481 e. The molecule has 0 aliphatic carbocycles. The maximum absolute atomic E-state index is 12.2. The highest BCUT2D eigenvalue weighted by molar-refractivity contribution is 6.40. The first-order valence-corrected chi connectivity index (χ1v) is 11.8. The number of unbranched alkanes of at least 4 members (excludes halogenated alkanes) is 14. The van der Waals surface area contributed by atoms with Gasteiger partial charge in [0.15, 0.2) is 5.78 Å². The normalized spacial score (nSPS) is 12.1. The number of hydrogen-bond acceptors (Lipinski definition) is 3. The molecule has 0 amide bonds. The van der Waals surface area contributed by atoms with Gasteiger partial charge >= 0.3 is 5.97 Å². The molecule has 0 aromatic rings. The topological polar surface area (TPSA) is 71.4 Å². The molecule has 0 saturated heterocycles. The molecular weight excluding hydrogens is 352 g/mol. The van der Waals surface area contributed by atoms with Crippen molar-refractivity contribution in [2.45, 2.75) is 129 Å². The van der Waals surface area contributed by atoms with E-state index in [1.807, 2.05) is 0 Å². The average Bonchev–Trinajstić information content (AvgIpc) is 2.68. The van der Waals surface area contributed by atoms with Gasteiger partial charge in [-0.15, -0.1) is 0 Å². The Morgan fingerprint density at radius 1 is 0.607 bits per heavy atom. The second-order valence-electron chi connectivity index (χ2n) is 8.17. The maximum Gasteiger partial charge on any atom is 0.314 e. The third kappa shape index (κ3) is 14.8. The van der Waals surface area contributed by atoms with E-state index in [9.17, 15) is 19.5 Å². The first-order chi connectivity index (χ1) is 13.5. The van der Waals surface area contributed by atoms with Crippen molar-refractivity contribution >= 4 is 17.5 Å². The van der Waals surface area contributed by atoms with Crippen molar-refractivity contribution in [1.82, 2.24) is 0 Å². The Morgan fingerprint density at radius 3 is 1.43 bits per heavy atom. The molecule has 0 bridgehead atoms. The molecule has 4 nitrogen and oxygen atoms in total. The standard InChI is InChI=1S/C24H44O4/c1-3-5-7-9-11-13-15-17-19-21(24(27)28)23(26)22(25)20-18-16-14-12-10-8-6-4-2/h21H,3-20H2,1-2H3,(H,27,28). The fourth-order valence-electron chi connectivity index (χ4n) is 3.59. The van der Waals surface area contributed by atoms with Gasteiger partial charge in [-0.1, -0.05) is 110 Å². The summed E-state index contributed by atoms with van der Waals surface area (Å²) in [5, 5.41) is 9.33. The molecule has 0 aromatic carbocycles. The van der Waals surface area contributed by atoms with Crippen molar-refractivity contribution < 1.29 is 19.5 Å². The molecule has 4 heteroatoms. The Morgan fingerprint density at radius 2 is 1.00 bits per heavy atom. The number of aliphatic carboxylic acids is 1. The Hall–Kier alpha value is -1.19. The Labute approximate surface area is 172 Å². The van der Waals surface area contributed by atoms with Crippen LogP contribution in [0.2, 0.25) is 0 Å². The van der Waals surface area contributed by atoms with Crippen molar-refractivity contribution in [3.63, 3.8) is 0 Å². The van der Waals surface area contributed by atoms with Crippen molar-refractivity contribution in [3.05, 3.63) is 0 Å². The summed E-state index contributed by atoms with van der Waals surface area (Å²) in [7, 11) is 0. The molecule has 1 N–H and O–H groups in total. The zero-order valence-corrected chi connectivity index (χ0v) is 18.5. The van der Waals surface area contributed by atoms with E-state index in [2.05, 4.69) is 13.8 Å². The van der Waals surface area contributed by atoms with Gasteiger partial charge in [-0.3, -0.25) is 14.4 Å². The minimum Gasteiger partial charge on any atom is -0.481 e. The number of carbonyl (C=O) groups excluding carboxylic acids is 2. The van der Waals surface area contributed by atoms with Gasteiger partial charge in [-0.25, -0.2) is 0 Å². The highest BCUT2D eigenvalue weighted by Gasteiger charge is 2.30. The maximum atomic E-state index is 12.2. The molecule has 0 radical (unpaired) electrons. The second-order valence-corrected chi connectivity index (χ2v) is 8.17. The van der Waals surface area contributed by atoms with Gasteiger partial charge in [0.25, 0.3) is 0 Å². The van der Waals surface area contributed by atoms with Gasteiger partial charge in [0.05, 0.1) is 0 Å². The summed E-state index contributed by atoms with van der Waals surface area (Å²) < 4.78 is 0. The first kappa shape index (κ1) is 26.8. The second kappa shape index (κ2) is 19.1. The van der Waals surface area contributed by atoms with Gasteiger partial charge in [-0.2, -0.15) is 0 Å². The highest BCUT2D eigenvalue weighted by atomic mass is 16.4. The van der Waals surface area contributed by atoms with Crippen LogP contribution >= 0.6 is 0 Å². The minimum atomic E-state index is -1.14. The molecule has 0 fully saturated rings. The van der Waals surface area contributed by atoms with Crippen LogP contribution in [-0.2, 0) is 14.4 Å². The molecule has 164 valence electrons. The third-order valence-corrected chi connectivity index (χ3v) is 5.49. The monoisotopic (exact) mass is 396 g/mol. The summed E-state index contributed by atoms with van der Waals surface area (Å²) in [6.07, 6.45) is 18.3. The Balaban J connectivity index is 3.92. The van der Waals surface area contributed by atoms with E-state index < -0.39 is 23.5 Å². The smallest absolute Gasteiger partial charge is 0.314 e. The molecule has 0 aliphatic heterocycles. The van der Waals surface area contributed by atoms with Gasteiger partial charge < -0.3 is 5.11 Å². The van der Waals surface area contributed by atoms with E-state index in [0.29, 0.717) is 19.3 Å². The zero-order valence-electron chi connectivity index (χ0n) is 18.5.